The molecule has 0 saturated carbocycles. The van der Waals surface area contributed by atoms with E-state index in [9.17, 15) is 23.2 Å². The first-order valence-electron chi connectivity index (χ1n) is 11.3. The first-order valence-corrected chi connectivity index (χ1v) is 11.7. The van der Waals surface area contributed by atoms with Gasteiger partial charge in [-0.2, -0.15) is 0 Å². The quantitative estimate of drug-likeness (QED) is 0.580. The van der Waals surface area contributed by atoms with Crippen molar-refractivity contribution in [1.82, 2.24) is 10.2 Å². The maximum absolute atomic E-state index is 13.6. The van der Waals surface area contributed by atoms with E-state index in [0.29, 0.717) is 6.42 Å². The number of piperidine rings is 1. The zero-order valence-corrected chi connectivity index (χ0v) is 20.9. The number of ether oxygens (including phenoxy) is 2. The third-order valence-corrected chi connectivity index (χ3v) is 5.54. The summed E-state index contributed by atoms with van der Waals surface area (Å²) < 4.78 is 37.9. The zero-order valence-electron chi connectivity index (χ0n) is 20.1. The Kier molecular flexibility index (Phi) is 8.73. The Hall–Kier alpha value is -3.40. The lowest BCUT2D eigenvalue weighted by Crippen LogP contribution is -2.58. The summed E-state index contributed by atoms with van der Waals surface area (Å²) in [5, 5.41) is 5.33. The van der Waals surface area contributed by atoms with Gasteiger partial charge in [-0.25, -0.2) is 13.6 Å². The summed E-state index contributed by atoms with van der Waals surface area (Å²) in [7, 11) is 0. The number of anilines is 1. The molecule has 2 atom stereocenters. The van der Waals surface area contributed by atoms with Crippen LogP contribution in [-0.2, 0) is 14.3 Å². The molecule has 2 N–H and O–H groups in total. The number of hydrogen-bond acceptors (Lipinski definition) is 5. The number of benzene rings is 2. The predicted molar refractivity (Wildman–Crippen MR) is 130 cm³/mol. The molecule has 1 unspecified atom stereocenters. The SMILES string of the molecule is CC(C)(C)OC(=O)N1CC(NC(=O)COc2ccc(Cl)c(F)c2)CC[C@H]1C(=O)Nc1cccc(F)c1. The van der Waals surface area contributed by atoms with Crippen LogP contribution in [0, 0.1) is 11.6 Å². The number of amides is 3. The molecule has 0 spiro atoms. The summed E-state index contributed by atoms with van der Waals surface area (Å²) in [6, 6.07) is 7.89. The third kappa shape index (κ3) is 7.81. The minimum absolute atomic E-state index is 0.0114. The van der Waals surface area contributed by atoms with Gasteiger partial charge in [0.15, 0.2) is 6.61 Å². The average molecular weight is 524 g/mol. The van der Waals surface area contributed by atoms with E-state index in [4.69, 9.17) is 21.1 Å². The van der Waals surface area contributed by atoms with E-state index in [1.807, 2.05) is 0 Å². The highest BCUT2D eigenvalue weighted by molar-refractivity contribution is 6.30. The first kappa shape index (κ1) is 27.2. The van der Waals surface area contributed by atoms with E-state index in [1.54, 1.807) is 20.8 Å². The molecular weight excluding hydrogens is 496 g/mol. The molecule has 0 aliphatic carbocycles. The molecule has 194 valence electrons. The molecule has 2 aromatic rings. The number of carbonyl (C=O) groups is 3. The van der Waals surface area contributed by atoms with Crippen molar-refractivity contribution in [3.05, 3.63) is 59.1 Å². The molecule has 36 heavy (non-hydrogen) atoms. The average Bonchev–Trinajstić information content (AvgIpc) is 2.78. The summed E-state index contributed by atoms with van der Waals surface area (Å²) in [5.41, 5.74) is -0.547. The Bertz CT molecular complexity index is 1130. The maximum Gasteiger partial charge on any atom is 0.411 e. The van der Waals surface area contributed by atoms with Crippen LogP contribution in [0.4, 0.5) is 19.3 Å². The van der Waals surface area contributed by atoms with Crippen molar-refractivity contribution in [1.29, 1.82) is 0 Å². The van der Waals surface area contributed by atoms with Crippen LogP contribution in [0.25, 0.3) is 0 Å². The van der Waals surface area contributed by atoms with Crippen molar-refractivity contribution in [2.24, 2.45) is 0 Å². The third-order valence-electron chi connectivity index (χ3n) is 5.23. The van der Waals surface area contributed by atoms with Gasteiger partial charge in [0.2, 0.25) is 5.91 Å². The Morgan fingerprint density at radius 1 is 1.11 bits per heavy atom. The molecule has 1 fully saturated rings. The van der Waals surface area contributed by atoms with Crippen molar-refractivity contribution >= 4 is 35.2 Å². The molecule has 2 aromatic carbocycles. The highest BCUT2D eigenvalue weighted by Gasteiger charge is 2.38. The van der Waals surface area contributed by atoms with Crippen molar-refractivity contribution in [3.8, 4) is 5.75 Å². The first-order chi connectivity index (χ1) is 16.9. The Labute approximate surface area is 212 Å². The normalized spacial score (nSPS) is 17.8. The van der Waals surface area contributed by atoms with Crippen molar-refractivity contribution in [2.45, 2.75) is 51.3 Å². The van der Waals surface area contributed by atoms with Crippen molar-refractivity contribution in [2.75, 3.05) is 18.5 Å². The van der Waals surface area contributed by atoms with Crippen LogP contribution < -0.4 is 15.4 Å². The summed E-state index contributed by atoms with van der Waals surface area (Å²) >= 11 is 5.64. The van der Waals surface area contributed by atoms with E-state index in [0.717, 1.165) is 6.07 Å². The van der Waals surface area contributed by atoms with Crippen molar-refractivity contribution < 1.29 is 32.6 Å². The van der Waals surface area contributed by atoms with Gasteiger partial charge in [-0.1, -0.05) is 17.7 Å². The Morgan fingerprint density at radius 2 is 1.86 bits per heavy atom. The minimum Gasteiger partial charge on any atom is -0.484 e. The van der Waals surface area contributed by atoms with Crippen LogP contribution in [0.15, 0.2) is 42.5 Å². The monoisotopic (exact) mass is 523 g/mol. The van der Waals surface area contributed by atoms with Gasteiger partial charge < -0.3 is 20.1 Å². The lowest BCUT2D eigenvalue weighted by molar-refractivity contribution is -0.125. The molecule has 8 nitrogen and oxygen atoms in total. The van der Waals surface area contributed by atoms with Gasteiger partial charge in [0.05, 0.1) is 5.02 Å². The number of nitrogens with one attached hydrogen (secondary N) is 2. The van der Waals surface area contributed by atoms with Gasteiger partial charge in [-0.3, -0.25) is 14.5 Å². The van der Waals surface area contributed by atoms with Gasteiger partial charge in [-0.05, 0) is 63.9 Å². The number of likely N-dealkylation sites (tertiary alicyclic amines) is 1. The molecule has 1 aliphatic rings. The molecule has 1 heterocycles. The summed E-state index contributed by atoms with van der Waals surface area (Å²) in [6.07, 6.45) is -0.0927. The van der Waals surface area contributed by atoms with E-state index in [-0.39, 0.29) is 36.0 Å². The van der Waals surface area contributed by atoms with Gasteiger partial charge in [0.25, 0.3) is 5.91 Å². The number of rotatable bonds is 6. The van der Waals surface area contributed by atoms with Gasteiger partial charge in [-0.15, -0.1) is 0 Å². The smallest absolute Gasteiger partial charge is 0.411 e. The van der Waals surface area contributed by atoms with Crippen LogP contribution in [0.1, 0.15) is 33.6 Å². The summed E-state index contributed by atoms with van der Waals surface area (Å²) in [6.45, 7) is 4.73. The number of carbonyl (C=O) groups excluding carboxylic acids is 3. The van der Waals surface area contributed by atoms with E-state index in [1.165, 1.54) is 41.3 Å². The second kappa shape index (κ2) is 11.6. The van der Waals surface area contributed by atoms with Crippen LogP contribution in [0.3, 0.4) is 0 Å². The lowest BCUT2D eigenvalue weighted by Gasteiger charge is -2.39. The molecule has 3 rings (SSSR count). The molecule has 0 radical (unpaired) electrons. The van der Waals surface area contributed by atoms with Gasteiger partial charge in [0, 0.05) is 24.3 Å². The van der Waals surface area contributed by atoms with Crippen LogP contribution in [0.2, 0.25) is 5.02 Å². The number of halogens is 3. The van der Waals surface area contributed by atoms with Gasteiger partial charge >= 0.3 is 6.09 Å². The highest BCUT2D eigenvalue weighted by Crippen LogP contribution is 2.23. The maximum atomic E-state index is 13.6. The number of hydrogen-bond donors (Lipinski definition) is 2. The molecule has 11 heteroatoms. The lowest BCUT2D eigenvalue weighted by atomic mass is 9.97. The summed E-state index contributed by atoms with van der Waals surface area (Å²) in [5.74, 6) is -2.02. The van der Waals surface area contributed by atoms with Crippen LogP contribution >= 0.6 is 11.6 Å². The van der Waals surface area contributed by atoms with E-state index < -0.39 is 47.2 Å². The highest BCUT2D eigenvalue weighted by atomic mass is 35.5. The molecule has 0 bridgehead atoms. The van der Waals surface area contributed by atoms with Crippen LogP contribution in [0.5, 0.6) is 5.75 Å². The minimum atomic E-state index is -0.885. The molecule has 0 aromatic heterocycles. The van der Waals surface area contributed by atoms with Crippen molar-refractivity contribution in [3.63, 3.8) is 0 Å². The number of nitrogens with zero attached hydrogens (tertiary/aromatic N) is 1. The standard InChI is InChI=1S/C25H28ClF2N3O5/c1-25(2,3)36-24(34)31-13-17(29-22(32)14-35-18-8-9-19(26)20(28)12-18)7-10-21(31)23(33)30-16-6-4-5-15(27)11-16/h4-6,8-9,11-12,17,21H,7,10,13-14H2,1-3H3,(H,29,32)(H,30,33)/t17?,21-/m0/s1. The second-order valence-electron chi connectivity index (χ2n) is 9.35. The van der Waals surface area contributed by atoms with Gasteiger partial charge in [0.1, 0.15) is 29.0 Å². The fourth-order valence-corrected chi connectivity index (χ4v) is 3.78. The Balaban J connectivity index is 1.64. The second-order valence-corrected chi connectivity index (χ2v) is 9.76. The molecule has 1 saturated heterocycles. The van der Waals surface area contributed by atoms with E-state index in [2.05, 4.69) is 10.6 Å². The fraction of sp³-hybridized carbons (Fsp3) is 0.400. The zero-order chi connectivity index (χ0) is 26.5. The topological polar surface area (TPSA) is 97.0 Å². The van der Waals surface area contributed by atoms with Crippen LogP contribution in [-0.4, -0.2) is 53.6 Å². The predicted octanol–water partition coefficient (Wildman–Crippen LogP) is 4.52. The fourth-order valence-electron chi connectivity index (χ4n) is 3.66. The molecular formula is C25H28ClF2N3O5. The van der Waals surface area contributed by atoms with E-state index >= 15 is 0 Å². The summed E-state index contributed by atoms with van der Waals surface area (Å²) in [4.78, 5) is 39.6. The molecule has 3 amide bonds. The largest absolute Gasteiger partial charge is 0.484 e. The molecule has 1 aliphatic heterocycles. The Morgan fingerprint density at radius 3 is 2.53 bits per heavy atom.